The molecule has 20 heavy (non-hydrogen) atoms. The molecule has 1 aromatic carbocycles. The number of halogens is 2. The first kappa shape index (κ1) is 15.7. The fraction of sp³-hybridized carbons (Fsp3) is 0.538. The van der Waals surface area contributed by atoms with Crippen LogP contribution in [0.25, 0.3) is 0 Å². The Morgan fingerprint density at radius 1 is 1.45 bits per heavy atom. The zero-order valence-corrected chi connectivity index (χ0v) is 12.8. The van der Waals surface area contributed by atoms with Crippen LogP contribution in [0.15, 0.2) is 23.1 Å². The molecule has 0 spiro atoms. The van der Waals surface area contributed by atoms with Crippen LogP contribution in [0.4, 0.5) is 4.39 Å². The van der Waals surface area contributed by atoms with Gasteiger partial charge in [-0.05, 0) is 38.0 Å². The Morgan fingerprint density at radius 3 is 2.75 bits per heavy atom. The van der Waals surface area contributed by atoms with Gasteiger partial charge in [0.1, 0.15) is 10.7 Å². The van der Waals surface area contributed by atoms with Gasteiger partial charge in [0.2, 0.25) is 10.0 Å². The molecule has 0 aliphatic carbocycles. The first-order valence-electron chi connectivity index (χ1n) is 6.56. The Bertz CT molecular complexity index is 592. The van der Waals surface area contributed by atoms with E-state index in [0.29, 0.717) is 6.54 Å². The first-order chi connectivity index (χ1) is 9.34. The van der Waals surface area contributed by atoms with Crippen molar-refractivity contribution in [3.63, 3.8) is 0 Å². The van der Waals surface area contributed by atoms with Crippen LogP contribution in [0.2, 0.25) is 5.02 Å². The SMILES string of the molecule is CC(N)C1CCCCN1S(=O)(=O)c1ccc(F)cc1Cl. The molecule has 7 heteroatoms. The normalized spacial score (nSPS) is 22.7. The molecule has 1 aliphatic heterocycles. The smallest absolute Gasteiger partial charge is 0.244 e. The summed E-state index contributed by atoms with van der Waals surface area (Å²) in [6, 6.07) is 2.82. The molecule has 0 saturated carbocycles. The highest BCUT2D eigenvalue weighted by Crippen LogP contribution is 2.30. The largest absolute Gasteiger partial charge is 0.326 e. The molecule has 1 aliphatic rings. The molecule has 1 fully saturated rings. The Morgan fingerprint density at radius 2 is 2.15 bits per heavy atom. The van der Waals surface area contributed by atoms with Crippen LogP contribution in [0.5, 0.6) is 0 Å². The van der Waals surface area contributed by atoms with E-state index in [9.17, 15) is 12.8 Å². The van der Waals surface area contributed by atoms with Gasteiger partial charge >= 0.3 is 0 Å². The molecule has 2 N–H and O–H groups in total. The van der Waals surface area contributed by atoms with Crippen LogP contribution in [0.3, 0.4) is 0 Å². The Hall–Kier alpha value is -0.690. The molecule has 0 aromatic heterocycles. The van der Waals surface area contributed by atoms with Crippen molar-refractivity contribution in [3.8, 4) is 0 Å². The standard InChI is InChI=1S/C13H18ClFN2O2S/c1-9(16)12-4-2-3-7-17(12)20(18,19)13-6-5-10(15)8-11(13)14/h5-6,8-9,12H,2-4,7,16H2,1H3. The topological polar surface area (TPSA) is 63.4 Å². The van der Waals surface area contributed by atoms with Gasteiger partial charge in [0.05, 0.1) is 5.02 Å². The van der Waals surface area contributed by atoms with Crippen molar-refractivity contribution in [2.45, 2.75) is 43.2 Å². The minimum absolute atomic E-state index is 0.0619. The molecule has 0 amide bonds. The lowest BCUT2D eigenvalue weighted by Crippen LogP contribution is -2.51. The summed E-state index contributed by atoms with van der Waals surface area (Å²) in [5, 5.41) is -0.0982. The van der Waals surface area contributed by atoms with Crippen molar-refractivity contribution in [2.24, 2.45) is 5.73 Å². The van der Waals surface area contributed by atoms with Gasteiger partial charge in [0.15, 0.2) is 0 Å². The lowest BCUT2D eigenvalue weighted by atomic mass is 10.00. The first-order valence-corrected chi connectivity index (χ1v) is 8.38. The number of nitrogens with zero attached hydrogens (tertiary/aromatic N) is 1. The lowest BCUT2D eigenvalue weighted by Gasteiger charge is -2.37. The second-order valence-corrected chi connectivity index (χ2v) is 7.38. The quantitative estimate of drug-likeness (QED) is 0.930. The van der Waals surface area contributed by atoms with Crippen LogP contribution in [-0.4, -0.2) is 31.4 Å². The molecular formula is C13H18ClFN2O2S. The van der Waals surface area contributed by atoms with E-state index in [1.165, 1.54) is 10.4 Å². The Kier molecular flexibility index (Phi) is 4.69. The zero-order chi connectivity index (χ0) is 14.9. The Balaban J connectivity index is 2.42. The molecule has 1 saturated heterocycles. The summed E-state index contributed by atoms with van der Waals surface area (Å²) in [7, 11) is -3.75. The Labute approximate surface area is 123 Å². The summed E-state index contributed by atoms with van der Waals surface area (Å²) in [5.41, 5.74) is 5.90. The molecule has 2 unspecified atom stereocenters. The maximum atomic E-state index is 13.1. The van der Waals surface area contributed by atoms with E-state index in [0.717, 1.165) is 31.4 Å². The van der Waals surface area contributed by atoms with Crippen LogP contribution >= 0.6 is 11.6 Å². The number of nitrogens with two attached hydrogens (primary N) is 1. The molecule has 1 aromatic rings. The van der Waals surface area contributed by atoms with Crippen molar-refractivity contribution in [1.29, 1.82) is 0 Å². The summed E-state index contributed by atoms with van der Waals surface area (Å²) >= 11 is 5.88. The second-order valence-electron chi connectivity index (χ2n) is 5.11. The van der Waals surface area contributed by atoms with E-state index in [2.05, 4.69) is 0 Å². The second kappa shape index (κ2) is 5.97. The summed E-state index contributed by atoms with van der Waals surface area (Å²) in [6.45, 7) is 2.22. The predicted molar refractivity (Wildman–Crippen MR) is 76.6 cm³/mol. The van der Waals surface area contributed by atoms with E-state index < -0.39 is 15.8 Å². The van der Waals surface area contributed by atoms with Gasteiger partial charge in [-0.15, -0.1) is 0 Å². The number of sulfonamides is 1. The van der Waals surface area contributed by atoms with Crippen molar-refractivity contribution in [1.82, 2.24) is 4.31 Å². The highest BCUT2D eigenvalue weighted by molar-refractivity contribution is 7.89. The maximum absolute atomic E-state index is 13.1. The third-order valence-electron chi connectivity index (χ3n) is 3.59. The lowest BCUT2D eigenvalue weighted by molar-refractivity contribution is 0.227. The molecule has 1 heterocycles. The van der Waals surface area contributed by atoms with Gasteiger partial charge in [-0.3, -0.25) is 0 Å². The van der Waals surface area contributed by atoms with Gasteiger partial charge in [-0.1, -0.05) is 18.0 Å². The van der Waals surface area contributed by atoms with Gasteiger partial charge in [-0.25, -0.2) is 12.8 Å². The van der Waals surface area contributed by atoms with Crippen LogP contribution in [0, 0.1) is 5.82 Å². The van der Waals surface area contributed by atoms with Crippen LogP contribution in [0.1, 0.15) is 26.2 Å². The molecular weight excluding hydrogens is 303 g/mol. The van der Waals surface area contributed by atoms with E-state index in [1.54, 1.807) is 6.92 Å². The van der Waals surface area contributed by atoms with E-state index >= 15 is 0 Å². The molecule has 112 valence electrons. The molecule has 2 rings (SSSR count). The molecule has 4 nitrogen and oxygen atoms in total. The number of hydrogen-bond acceptors (Lipinski definition) is 3. The van der Waals surface area contributed by atoms with Crippen LogP contribution < -0.4 is 5.73 Å². The highest BCUT2D eigenvalue weighted by Gasteiger charge is 2.36. The highest BCUT2D eigenvalue weighted by atomic mass is 35.5. The number of rotatable bonds is 3. The van der Waals surface area contributed by atoms with Crippen molar-refractivity contribution in [3.05, 3.63) is 29.0 Å². The third kappa shape index (κ3) is 2.98. The molecule has 0 radical (unpaired) electrons. The maximum Gasteiger partial charge on any atom is 0.244 e. The van der Waals surface area contributed by atoms with E-state index in [-0.39, 0.29) is 22.0 Å². The van der Waals surface area contributed by atoms with Crippen molar-refractivity contribution >= 4 is 21.6 Å². The van der Waals surface area contributed by atoms with E-state index in [4.69, 9.17) is 17.3 Å². The third-order valence-corrected chi connectivity index (χ3v) is 5.99. The van der Waals surface area contributed by atoms with Crippen LogP contribution in [-0.2, 0) is 10.0 Å². The summed E-state index contributed by atoms with van der Waals surface area (Å²) in [5.74, 6) is -0.559. The summed E-state index contributed by atoms with van der Waals surface area (Å²) in [4.78, 5) is -0.0619. The minimum atomic E-state index is -3.75. The fourth-order valence-corrected chi connectivity index (χ4v) is 4.85. The molecule has 2 atom stereocenters. The summed E-state index contributed by atoms with van der Waals surface area (Å²) < 4.78 is 39.9. The van der Waals surface area contributed by atoms with Crippen molar-refractivity contribution in [2.75, 3.05) is 6.54 Å². The van der Waals surface area contributed by atoms with E-state index in [1.807, 2.05) is 0 Å². The fourth-order valence-electron chi connectivity index (χ4n) is 2.57. The summed E-state index contributed by atoms with van der Waals surface area (Å²) in [6.07, 6.45) is 2.48. The average Bonchev–Trinajstić information content (AvgIpc) is 2.38. The van der Waals surface area contributed by atoms with Gasteiger partial charge in [-0.2, -0.15) is 4.31 Å². The monoisotopic (exact) mass is 320 g/mol. The minimum Gasteiger partial charge on any atom is -0.326 e. The van der Waals surface area contributed by atoms with Gasteiger partial charge in [0.25, 0.3) is 0 Å². The average molecular weight is 321 g/mol. The number of piperidine rings is 1. The number of hydrogen-bond donors (Lipinski definition) is 1. The number of benzene rings is 1. The predicted octanol–water partition coefficient (Wildman–Crippen LogP) is 2.37. The van der Waals surface area contributed by atoms with Crippen molar-refractivity contribution < 1.29 is 12.8 Å². The van der Waals surface area contributed by atoms with Gasteiger partial charge < -0.3 is 5.73 Å². The van der Waals surface area contributed by atoms with Gasteiger partial charge in [0, 0.05) is 18.6 Å². The zero-order valence-electron chi connectivity index (χ0n) is 11.2. The molecule has 0 bridgehead atoms.